The van der Waals surface area contributed by atoms with Crippen molar-refractivity contribution in [3.63, 3.8) is 0 Å². The summed E-state index contributed by atoms with van der Waals surface area (Å²) in [6.07, 6.45) is 1.58. The molecule has 9 heteroatoms. The molecule has 1 saturated heterocycles. The van der Waals surface area contributed by atoms with Gasteiger partial charge in [-0.3, -0.25) is 4.90 Å². The Kier molecular flexibility index (Phi) is 3.96. The van der Waals surface area contributed by atoms with Crippen LogP contribution in [0.15, 0.2) is 12.7 Å². The number of likely N-dealkylation sites (N-methyl/N-ethyl adjacent to an activating group) is 1. The number of aromatic nitrogens is 4. The molecule has 2 aromatic heterocycles. The lowest BCUT2D eigenvalue weighted by Gasteiger charge is -2.26. The fourth-order valence-electron chi connectivity index (χ4n) is 3.16. The molecule has 0 amide bonds. The molecule has 1 aliphatic rings. The molecule has 0 aromatic carbocycles. The van der Waals surface area contributed by atoms with Crippen molar-refractivity contribution < 1.29 is 15.3 Å². The van der Waals surface area contributed by atoms with Gasteiger partial charge in [-0.2, -0.15) is 0 Å². The Morgan fingerprint density at radius 2 is 1.91 bits per heavy atom. The van der Waals surface area contributed by atoms with Crippen molar-refractivity contribution in [1.29, 1.82) is 0 Å². The third-order valence-corrected chi connectivity index (χ3v) is 4.42. The molecule has 3 heterocycles. The van der Waals surface area contributed by atoms with E-state index in [1.54, 1.807) is 10.9 Å². The van der Waals surface area contributed by atoms with Gasteiger partial charge in [0.25, 0.3) is 0 Å². The second-order valence-corrected chi connectivity index (χ2v) is 5.62. The number of imidazole rings is 1. The van der Waals surface area contributed by atoms with Crippen LogP contribution < -0.4 is 5.73 Å². The van der Waals surface area contributed by atoms with Crippen molar-refractivity contribution in [1.82, 2.24) is 24.4 Å². The second kappa shape index (κ2) is 5.76. The van der Waals surface area contributed by atoms with Crippen LogP contribution in [-0.2, 0) is 6.54 Å². The molecular weight excluding hydrogens is 288 g/mol. The molecule has 0 spiro atoms. The number of hydrogen-bond donors (Lipinski definition) is 4. The van der Waals surface area contributed by atoms with E-state index in [2.05, 4.69) is 15.0 Å². The maximum atomic E-state index is 10.3. The maximum Gasteiger partial charge on any atom is 0.165 e. The summed E-state index contributed by atoms with van der Waals surface area (Å²) in [6, 6.07) is -0.584. The summed E-state index contributed by atoms with van der Waals surface area (Å²) in [5.41, 5.74) is 6.87. The summed E-state index contributed by atoms with van der Waals surface area (Å²) in [7, 11) is 1.83. The SMILES string of the molecule is CN1[C@@H](CCO)[C@@H](O)[C@H](O)[C@@H]1Cn1cnc2c(N)ncnc21. The van der Waals surface area contributed by atoms with E-state index in [0.717, 1.165) is 0 Å². The Bertz CT molecular complexity index is 662. The molecule has 1 fully saturated rings. The van der Waals surface area contributed by atoms with Gasteiger partial charge < -0.3 is 25.6 Å². The van der Waals surface area contributed by atoms with E-state index in [1.807, 2.05) is 11.9 Å². The molecule has 2 aromatic rings. The van der Waals surface area contributed by atoms with Crippen LogP contribution in [-0.4, -0.2) is 77.7 Å². The first-order valence-corrected chi connectivity index (χ1v) is 7.14. The summed E-state index contributed by atoms with van der Waals surface area (Å²) in [6.45, 7) is 0.368. The van der Waals surface area contributed by atoms with E-state index in [4.69, 9.17) is 10.8 Å². The van der Waals surface area contributed by atoms with Gasteiger partial charge in [0.05, 0.1) is 24.6 Å². The van der Waals surface area contributed by atoms with Crippen LogP contribution in [0.3, 0.4) is 0 Å². The highest BCUT2D eigenvalue weighted by Gasteiger charge is 2.45. The molecule has 0 radical (unpaired) electrons. The molecule has 3 rings (SSSR count). The molecular formula is C13H20N6O3. The average Bonchev–Trinajstić information content (AvgIpc) is 3.00. The lowest BCUT2D eigenvalue weighted by molar-refractivity contribution is 0.0230. The zero-order chi connectivity index (χ0) is 15.9. The van der Waals surface area contributed by atoms with Gasteiger partial charge in [-0.25, -0.2) is 15.0 Å². The van der Waals surface area contributed by atoms with E-state index in [-0.39, 0.29) is 18.7 Å². The monoisotopic (exact) mass is 308 g/mol. The molecule has 9 nitrogen and oxygen atoms in total. The van der Waals surface area contributed by atoms with Crippen molar-refractivity contribution in [2.75, 3.05) is 19.4 Å². The van der Waals surface area contributed by atoms with E-state index < -0.39 is 12.2 Å². The van der Waals surface area contributed by atoms with Crippen LogP contribution in [0, 0.1) is 0 Å². The van der Waals surface area contributed by atoms with Gasteiger partial charge in [0.15, 0.2) is 11.5 Å². The molecule has 0 bridgehead atoms. The first-order valence-electron chi connectivity index (χ1n) is 7.14. The smallest absolute Gasteiger partial charge is 0.165 e. The largest absolute Gasteiger partial charge is 0.396 e. The predicted molar refractivity (Wildman–Crippen MR) is 78.8 cm³/mol. The first-order chi connectivity index (χ1) is 10.5. The van der Waals surface area contributed by atoms with Crippen molar-refractivity contribution in [3.8, 4) is 0 Å². The van der Waals surface area contributed by atoms with Gasteiger partial charge in [-0.1, -0.05) is 0 Å². The minimum Gasteiger partial charge on any atom is -0.396 e. The number of fused-ring (bicyclic) bond motifs is 1. The fourth-order valence-corrected chi connectivity index (χ4v) is 3.16. The Balaban J connectivity index is 1.87. The highest BCUT2D eigenvalue weighted by Crippen LogP contribution is 2.27. The molecule has 0 aliphatic carbocycles. The van der Waals surface area contributed by atoms with Crippen LogP contribution in [0.2, 0.25) is 0 Å². The molecule has 4 atom stereocenters. The van der Waals surface area contributed by atoms with Crippen molar-refractivity contribution >= 4 is 17.0 Å². The van der Waals surface area contributed by atoms with Crippen molar-refractivity contribution in [2.24, 2.45) is 0 Å². The minimum atomic E-state index is -0.904. The van der Waals surface area contributed by atoms with Crippen LogP contribution in [0.4, 0.5) is 5.82 Å². The number of likely N-dealkylation sites (tertiary alicyclic amines) is 1. The standard InChI is InChI=1S/C13H20N6O3/c1-18-7(2-3-20)10(21)11(22)8(18)4-19-6-17-9-12(14)15-5-16-13(9)19/h5-8,10-11,20-22H,2-4H2,1H3,(H2,14,15,16)/t7-,8-,10+,11+/m0/s1. The number of hydrogen-bond acceptors (Lipinski definition) is 8. The average molecular weight is 308 g/mol. The summed E-state index contributed by atoms with van der Waals surface area (Å²) in [5.74, 6) is 0.308. The molecule has 5 N–H and O–H groups in total. The van der Waals surface area contributed by atoms with Crippen LogP contribution in [0.25, 0.3) is 11.2 Å². The third-order valence-electron chi connectivity index (χ3n) is 4.42. The summed E-state index contributed by atoms with van der Waals surface area (Å²) < 4.78 is 1.78. The van der Waals surface area contributed by atoms with Gasteiger partial charge in [0.1, 0.15) is 11.8 Å². The highest BCUT2D eigenvalue weighted by atomic mass is 16.3. The van der Waals surface area contributed by atoms with Crippen molar-refractivity contribution in [3.05, 3.63) is 12.7 Å². The van der Waals surface area contributed by atoms with Crippen LogP contribution >= 0.6 is 0 Å². The van der Waals surface area contributed by atoms with Gasteiger partial charge in [0, 0.05) is 19.2 Å². The van der Waals surface area contributed by atoms with Crippen LogP contribution in [0.1, 0.15) is 6.42 Å². The topological polar surface area (TPSA) is 134 Å². The molecule has 1 aliphatic heterocycles. The number of nitrogen functional groups attached to an aromatic ring is 1. The van der Waals surface area contributed by atoms with Gasteiger partial charge in [-0.15, -0.1) is 0 Å². The van der Waals surface area contributed by atoms with E-state index in [1.165, 1.54) is 6.33 Å². The lowest BCUT2D eigenvalue weighted by atomic mass is 10.1. The highest BCUT2D eigenvalue weighted by molar-refractivity contribution is 5.81. The zero-order valence-electron chi connectivity index (χ0n) is 12.2. The fraction of sp³-hybridized carbons (Fsp3) is 0.615. The van der Waals surface area contributed by atoms with E-state index >= 15 is 0 Å². The van der Waals surface area contributed by atoms with Gasteiger partial charge in [-0.05, 0) is 13.5 Å². The Morgan fingerprint density at radius 1 is 1.18 bits per heavy atom. The summed E-state index contributed by atoms with van der Waals surface area (Å²) in [4.78, 5) is 14.2. The van der Waals surface area contributed by atoms with Gasteiger partial charge >= 0.3 is 0 Å². The minimum absolute atomic E-state index is 0.0384. The number of nitrogens with two attached hydrogens (primary N) is 1. The Hall–Kier alpha value is -1.81. The van der Waals surface area contributed by atoms with E-state index in [9.17, 15) is 10.2 Å². The van der Waals surface area contributed by atoms with E-state index in [0.29, 0.717) is 29.9 Å². The summed E-state index contributed by atoms with van der Waals surface area (Å²) >= 11 is 0. The second-order valence-electron chi connectivity index (χ2n) is 5.62. The zero-order valence-corrected chi connectivity index (χ0v) is 12.2. The van der Waals surface area contributed by atoms with Crippen molar-refractivity contribution in [2.45, 2.75) is 37.3 Å². The number of rotatable bonds is 4. The normalized spacial score (nSPS) is 29.5. The third kappa shape index (κ3) is 2.31. The molecule has 120 valence electrons. The van der Waals surface area contributed by atoms with Crippen LogP contribution in [0.5, 0.6) is 0 Å². The number of aliphatic hydroxyl groups excluding tert-OH is 3. The molecule has 22 heavy (non-hydrogen) atoms. The predicted octanol–water partition coefficient (Wildman–Crippen LogP) is -1.80. The summed E-state index contributed by atoms with van der Waals surface area (Å²) in [5, 5.41) is 29.5. The Morgan fingerprint density at radius 3 is 2.64 bits per heavy atom. The first kappa shape index (κ1) is 15.1. The lowest BCUT2D eigenvalue weighted by Crippen LogP contribution is -2.39. The maximum absolute atomic E-state index is 10.3. The molecule has 0 unspecified atom stereocenters. The van der Waals surface area contributed by atoms with Gasteiger partial charge in [0.2, 0.25) is 0 Å². The number of nitrogens with zero attached hydrogens (tertiary/aromatic N) is 5. The number of aliphatic hydroxyl groups is 3. The molecule has 0 saturated carbocycles. The quantitative estimate of drug-likeness (QED) is 0.519. The number of anilines is 1. The Labute approximate surface area is 127 Å².